The topological polar surface area (TPSA) is 88.2 Å². The molecule has 1 aromatic heterocycles. The maximum atomic E-state index is 12.6. The van der Waals surface area contributed by atoms with Gasteiger partial charge in [0, 0.05) is 7.05 Å². The maximum Gasteiger partial charge on any atom is 0.256 e. The summed E-state index contributed by atoms with van der Waals surface area (Å²) in [5, 5.41) is 6.63. The predicted molar refractivity (Wildman–Crippen MR) is 89.7 cm³/mol. The number of nitrogens with one attached hydrogen (secondary N) is 2. The molecule has 0 aliphatic carbocycles. The standard InChI is InChI=1S/C15H17N3O3S2/c1-9-13(15(16-2)22-18-9)14(19)17-11-7-8-23(20,21)12-6-4-3-5-10(11)12/h3-6,11,16H,7-8H2,1-2H3,(H,17,19)/t11-/m1/s1. The van der Waals surface area contributed by atoms with E-state index in [1.807, 2.05) is 0 Å². The van der Waals surface area contributed by atoms with E-state index in [1.165, 1.54) is 11.5 Å². The summed E-state index contributed by atoms with van der Waals surface area (Å²) in [7, 11) is -1.52. The third-order valence-electron chi connectivity index (χ3n) is 3.93. The molecule has 23 heavy (non-hydrogen) atoms. The lowest BCUT2D eigenvalue weighted by Crippen LogP contribution is -2.34. The molecule has 0 saturated carbocycles. The van der Waals surface area contributed by atoms with Gasteiger partial charge >= 0.3 is 0 Å². The van der Waals surface area contributed by atoms with Crippen molar-refractivity contribution in [1.29, 1.82) is 0 Å². The summed E-state index contributed by atoms with van der Waals surface area (Å²) in [6, 6.07) is 6.53. The van der Waals surface area contributed by atoms with Crippen LogP contribution in [-0.2, 0) is 9.84 Å². The Balaban J connectivity index is 1.92. The number of carbonyl (C=O) groups excluding carboxylic acids is 1. The predicted octanol–water partition coefficient (Wildman–Crippen LogP) is 2.14. The van der Waals surface area contributed by atoms with Gasteiger partial charge in [-0.05, 0) is 36.5 Å². The van der Waals surface area contributed by atoms with Crippen LogP contribution in [-0.4, -0.2) is 31.5 Å². The van der Waals surface area contributed by atoms with Gasteiger partial charge in [0.1, 0.15) is 5.00 Å². The van der Waals surface area contributed by atoms with Crippen molar-refractivity contribution in [2.75, 3.05) is 18.1 Å². The van der Waals surface area contributed by atoms with E-state index in [0.717, 1.165) is 0 Å². The zero-order valence-electron chi connectivity index (χ0n) is 12.8. The first-order chi connectivity index (χ1) is 10.9. The van der Waals surface area contributed by atoms with E-state index >= 15 is 0 Å². The highest BCUT2D eigenvalue weighted by Crippen LogP contribution is 2.33. The molecule has 2 heterocycles. The van der Waals surface area contributed by atoms with Gasteiger partial charge in [0.25, 0.3) is 5.91 Å². The first-order valence-electron chi connectivity index (χ1n) is 7.20. The molecule has 6 nitrogen and oxygen atoms in total. The minimum absolute atomic E-state index is 0.0364. The van der Waals surface area contributed by atoms with Crippen molar-refractivity contribution in [2.24, 2.45) is 0 Å². The number of aromatic nitrogens is 1. The van der Waals surface area contributed by atoms with Gasteiger partial charge in [-0.15, -0.1) is 0 Å². The van der Waals surface area contributed by atoms with Gasteiger partial charge in [0.2, 0.25) is 0 Å². The van der Waals surface area contributed by atoms with Crippen LogP contribution in [0, 0.1) is 6.92 Å². The molecule has 0 spiro atoms. The van der Waals surface area contributed by atoms with Crippen LogP contribution in [0.3, 0.4) is 0 Å². The molecule has 3 rings (SSSR count). The zero-order chi connectivity index (χ0) is 16.6. The van der Waals surface area contributed by atoms with Crippen molar-refractivity contribution in [3.8, 4) is 0 Å². The van der Waals surface area contributed by atoms with Gasteiger partial charge in [0.05, 0.1) is 27.9 Å². The van der Waals surface area contributed by atoms with Crippen molar-refractivity contribution >= 4 is 32.3 Å². The Morgan fingerprint density at radius 2 is 2.09 bits per heavy atom. The number of aryl methyl sites for hydroxylation is 1. The third kappa shape index (κ3) is 2.84. The Labute approximate surface area is 139 Å². The van der Waals surface area contributed by atoms with E-state index in [9.17, 15) is 13.2 Å². The van der Waals surface area contributed by atoms with Crippen molar-refractivity contribution in [3.63, 3.8) is 0 Å². The number of anilines is 1. The van der Waals surface area contributed by atoms with Crippen LogP contribution in [0.2, 0.25) is 0 Å². The number of nitrogens with zero attached hydrogens (tertiary/aromatic N) is 1. The van der Waals surface area contributed by atoms with E-state index in [2.05, 4.69) is 15.0 Å². The third-order valence-corrected chi connectivity index (χ3v) is 6.70. The van der Waals surface area contributed by atoms with E-state index < -0.39 is 9.84 Å². The van der Waals surface area contributed by atoms with E-state index in [0.29, 0.717) is 33.1 Å². The summed E-state index contributed by atoms with van der Waals surface area (Å²) in [4.78, 5) is 12.9. The van der Waals surface area contributed by atoms with Crippen LogP contribution >= 0.6 is 11.5 Å². The van der Waals surface area contributed by atoms with Gasteiger partial charge < -0.3 is 10.6 Å². The van der Waals surface area contributed by atoms with E-state index in [4.69, 9.17) is 0 Å². The molecule has 0 bridgehead atoms. The number of fused-ring (bicyclic) bond motifs is 1. The Morgan fingerprint density at radius 3 is 2.83 bits per heavy atom. The highest BCUT2D eigenvalue weighted by molar-refractivity contribution is 7.91. The van der Waals surface area contributed by atoms with Crippen LogP contribution in [0.4, 0.5) is 5.00 Å². The van der Waals surface area contributed by atoms with Crippen LogP contribution in [0.5, 0.6) is 0 Å². The average molecular weight is 351 g/mol. The van der Waals surface area contributed by atoms with Crippen molar-refractivity contribution in [3.05, 3.63) is 41.1 Å². The van der Waals surface area contributed by atoms with Gasteiger partial charge in [-0.2, -0.15) is 4.37 Å². The largest absolute Gasteiger partial charge is 0.378 e. The van der Waals surface area contributed by atoms with Crippen molar-refractivity contribution in [2.45, 2.75) is 24.3 Å². The number of hydrogen-bond donors (Lipinski definition) is 2. The summed E-state index contributed by atoms with van der Waals surface area (Å²) in [5.41, 5.74) is 1.83. The van der Waals surface area contributed by atoms with Gasteiger partial charge in [-0.1, -0.05) is 18.2 Å². The van der Waals surface area contributed by atoms with Gasteiger partial charge in [0.15, 0.2) is 9.84 Å². The molecule has 2 N–H and O–H groups in total. The number of benzene rings is 1. The molecule has 1 amide bonds. The molecule has 1 atom stereocenters. The summed E-state index contributed by atoms with van der Waals surface area (Å²) in [6.45, 7) is 1.78. The summed E-state index contributed by atoms with van der Waals surface area (Å²) >= 11 is 1.23. The fourth-order valence-electron chi connectivity index (χ4n) is 2.78. The molecule has 0 saturated heterocycles. The number of carbonyl (C=O) groups is 1. The number of hydrogen-bond acceptors (Lipinski definition) is 6. The van der Waals surface area contributed by atoms with E-state index in [1.54, 1.807) is 38.2 Å². The lowest BCUT2D eigenvalue weighted by atomic mass is 10.0. The molecule has 8 heteroatoms. The molecular weight excluding hydrogens is 334 g/mol. The second-order valence-corrected chi connectivity index (χ2v) is 8.24. The van der Waals surface area contributed by atoms with Crippen LogP contribution in [0.1, 0.15) is 34.1 Å². The molecule has 0 fully saturated rings. The molecule has 122 valence electrons. The van der Waals surface area contributed by atoms with Crippen LogP contribution in [0.15, 0.2) is 29.2 Å². The Hall–Kier alpha value is -1.93. The normalized spacial score (nSPS) is 19.0. The average Bonchev–Trinajstić information content (AvgIpc) is 2.91. The smallest absolute Gasteiger partial charge is 0.256 e. The molecule has 1 aliphatic rings. The molecule has 1 aromatic carbocycles. The molecule has 0 radical (unpaired) electrons. The molecule has 0 unspecified atom stereocenters. The van der Waals surface area contributed by atoms with Crippen LogP contribution < -0.4 is 10.6 Å². The Bertz CT molecular complexity index is 859. The lowest BCUT2D eigenvalue weighted by molar-refractivity contribution is 0.0935. The monoisotopic (exact) mass is 351 g/mol. The number of rotatable bonds is 3. The second-order valence-electron chi connectivity index (χ2n) is 5.39. The van der Waals surface area contributed by atoms with Gasteiger partial charge in [-0.3, -0.25) is 4.79 Å². The minimum atomic E-state index is -3.26. The molecule has 2 aromatic rings. The SMILES string of the molecule is CNc1snc(C)c1C(=O)N[C@@H]1CCS(=O)(=O)c2ccccc21. The van der Waals surface area contributed by atoms with Gasteiger partial charge in [-0.25, -0.2) is 8.42 Å². The highest BCUT2D eigenvalue weighted by atomic mass is 32.2. The zero-order valence-corrected chi connectivity index (χ0v) is 14.4. The Kier molecular flexibility index (Phi) is 4.11. The number of amides is 1. The fraction of sp³-hybridized carbons (Fsp3) is 0.333. The summed E-state index contributed by atoms with van der Waals surface area (Å²) in [6.07, 6.45) is 0.372. The van der Waals surface area contributed by atoms with E-state index in [-0.39, 0.29) is 17.7 Å². The lowest BCUT2D eigenvalue weighted by Gasteiger charge is -2.26. The fourth-order valence-corrected chi connectivity index (χ4v) is 5.14. The number of sulfone groups is 1. The first kappa shape index (κ1) is 15.9. The maximum absolute atomic E-state index is 12.6. The molecular formula is C15H17N3O3S2. The Morgan fingerprint density at radius 1 is 1.35 bits per heavy atom. The highest BCUT2D eigenvalue weighted by Gasteiger charge is 2.31. The summed E-state index contributed by atoms with van der Waals surface area (Å²) in [5.74, 6) is -0.200. The second kappa shape index (κ2) is 5.93. The minimum Gasteiger partial charge on any atom is -0.378 e. The quantitative estimate of drug-likeness (QED) is 0.884. The van der Waals surface area contributed by atoms with Crippen LogP contribution in [0.25, 0.3) is 0 Å². The van der Waals surface area contributed by atoms with Crippen molar-refractivity contribution in [1.82, 2.24) is 9.69 Å². The molecule has 1 aliphatic heterocycles. The first-order valence-corrected chi connectivity index (χ1v) is 9.63. The summed E-state index contributed by atoms with van der Waals surface area (Å²) < 4.78 is 28.5. The van der Waals surface area contributed by atoms with Crippen molar-refractivity contribution < 1.29 is 13.2 Å².